The molecular formula is C28H28ClN3O4. The summed E-state index contributed by atoms with van der Waals surface area (Å²) in [7, 11) is 1.39. The molecule has 0 N–H and O–H groups in total. The number of methoxy groups -OCH3 is 1. The Morgan fingerprint density at radius 1 is 0.972 bits per heavy atom. The first-order valence-electron chi connectivity index (χ1n) is 11.9. The fraction of sp³-hybridized carbons (Fsp3) is 0.250. The number of nitro groups is 1. The monoisotopic (exact) mass is 505 g/mol. The van der Waals surface area contributed by atoms with E-state index in [2.05, 4.69) is 16.5 Å². The van der Waals surface area contributed by atoms with Gasteiger partial charge in [0.2, 0.25) is 5.75 Å². The van der Waals surface area contributed by atoms with Crippen LogP contribution in [0.15, 0.2) is 72.8 Å². The van der Waals surface area contributed by atoms with Gasteiger partial charge in [-0.05, 0) is 76.5 Å². The van der Waals surface area contributed by atoms with Crippen LogP contribution in [0.2, 0.25) is 5.02 Å². The fourth-order valence-corrected chi connectivity index (χ4v) is 4.31. The number of unbranched alkanes of at least 4 members (excludes halogenated alkanes) is 2. The van der Waals surface area contributed by atoms with Crippen molar-refractivity contribution in [2.75, 3.05) is 13.7 Å². The van der Waals surface area contributed by atoms with Crippen molar-refractivity contribution >= 4 is 17.4 Å². The van der Waals surface area contributed by atoms with E-state index in [1.54, 1.807) is 12.1 Å². The van der Waals surface area contributed by atoms with Gasteiger partial charge in [-0.3, -0.25) is 0 Å². The molecule has 0 aliphatic carbocycles. The molecule has 0 amide bonds. The summed E-state index contributed by atoms with van der Waals surface area (Å²) in [4.78, 5) is 15.3. The number of benzene rings is 2. The summed E-state index contributed by atoms with van der Waals surface area (Å²) in [5.74, 6) is 0.636. The number of rotatable bonds is 11. The normalized spacial score (nSPS) is 10.9. The van der Waals surface area contributed by atoms with Gasteiger partial charge in [0.05, 0.1) is 26.0 Å². The molecule has 0 saturated heterocycles. The Labute approximate surface area is 215 Å². The van der Waals surface area contributed by atoms with E-state index in [9.17, 15) is 10.1 Å². The minimum Gasteiger partial charge on any atom is -0.494 e. The molecule has 0 radical (unpaired) electrons. The number of aromatic nitrogens is 2. The number of pyridine rings is 1. The number of ether oxygens (including phenoxy) is 2. The van der Waals surface area contributed by atoms with E-state index in [4.69, 9.17) is 21.1 Å². The van der Waals surface area contributed by atoms with E-state index in [0.29, 0.717) is 23.9 Å². The van der Waals surface area contributed by atoms with Crippen LogP contribution in [0.1, 0.15) is 31.9 Å². The first-order valence-corrected chi connectivity index (χ1v) is 12.3. The molecule has 0 bridgehead atoms. The number of nitrogens with zero attached hydrogens (tertiary/aromatic N) is 3. The maximum absolute atomic E-state index is 11.5. The second-order valence-corrected chi connectivity index (χ2v) is 8.74. The summed E-state index contributed by atoms with van der Waals surface area (Å²) < 4.78 is 13.0. The number of halogens is 1. The summed E-state index contributed by atoms with van der Waals surface area (Å²) in [5, 5.41) is 12.1. The van der Waals surface area contributed by atoms with Crippen LogP contribution in [0.3, 0.4) is 0 Å². The molecule has 4 rings (SSSR count). The molecule has 186 valence electrons. The Kier molecular flexibility index (Phi) is 8.23. The first-order chi connectivity index (χ1) is 17.5. The zero-order valence-electron chi connectivity index (χ0n) is 20.3. The van der Waals surface area contributed by atoms with Crippen molar-refractivity contribution in [3.63, 3.8) is 0 Å². The zero-order valence-corrected chi connectivity index (χ0v) is 21.1. The third-order valence-electron chi connectivity index (χ3n) is 5.91. The Hall–Kier alpha value is -3.84. The molecule has 0 fully saturated rings. The predicted octanol–water partition coefficient (Wildman–Crippen LogP) is 7.40. The van der Waals surface area contributed by atoms with E-state index in [0.717, 1.165) is 47.5 Å². The Morgan fingerprint density at radius 3 is 2.42 bits per heavy atom. The molecule has 0 spiro atoms. The van der Waals surface area contributed by atoms with Crippen molar-refractivity contribution in [3.05, 3.63) is 93.6 Å². The molecule has 2 aromatic carbocycles. The Morgan fingerprint density at radius 2 is 1.72 bits per heavy atom. The van der Waals surface area contributed by atoms with Crippen LogP contribution in [0.4, 0.5) is 5.82 Å². The molecule has 0 aliphatic heterocycles. The molecule has 0 saturated carbocycles. The van der Waals surface area contributed by atoms with Crippen molar-refractivity contribution < 1.29 is 14.4 Å². The lowest BCUT2D eigenvalue weighted by atomic mass is 10.1. The summed E-state index contributed by atoms with van der Waals surface area (Å²) in [6.45, 7) is 3.17. The molecule has 2 aromatic heterocycles. The second-order valence-electron chi connectivity index (χ2n) is 8.34. The zero-order chi connectivity index (χ0) is 25.5. The van der Waals surface area contributed by atoms with Gasteiger partial charge >= 0.3 is 5.82 Å². The van der Waals surface area contributed by atoms with Crippen molar-refractivity contribution in [2.45, 2.75) is 32.7 Å². The fourth-order valence-electron chi connectivity index (χ4n) is 4.07. The van der Waals surface area contributed by atoms with Gasteiger partial charge in [-0.2, -0.15) is 0 Å². The summed E-state index contributed by atoms with van der Waals surface area (Å²) >= 11 is 6.54. The number of hydrogen-bond acceptors (Lipinski definition) is 5. The van der Waals surface area contributed by atoms with E-state index < -0.39 is 4.92 Å². The Bertz CT molecular complexity index is 1340. The van der Waals surface area contributed by atoms with Crippen LogP contribution in [0.5, 0.6) is 11.5 Å². The Balaban J connectivity index is 1.72. The smallest absolute Gasteiger partial charge is 0.406 e. The highest BCUT2D eigenvalue weighted by Gasteiger charge is 2.21. The van der Waals surface area contributed by atoms with Gasteiger partial charge in [-0.15, -0.1) is 0 Å². The van der Waals surface area contributed by atoms with Crippen molar-refractivity contribution in [2.24, 2.45) is 0 Å². The second kappa shape index (κ2) is 11.7. The molecule has 0 unspecified atom stereocenters. The molecule has 36 heavy (non-hydrogen) atoms. The van der Waals surface area contributed by atoms with Gasteiger partial charge in [-0.25, -0.2) is 0 Å². The minimum absolute atomic E-state index is 0.123. The van der Waals surface area contributed by atoms with Gasteiger partial charge in [0, 0.05) is 16.3 Å². The average molecular weight is 506 g/mol. The van der Waals surface area contributed by atoms with Gasteiger partial charge in [0.15, 0.2) is 5.69 Å². The minimum atomic E-state index is -0.535. The van der Waals surface area contributed by atoms with E-state index >= 15 is 0 Å². The van der Waals surface area contributed by atoms with Crippen molar-refractivity contribution in [1.82, 2.24) is 9.55 Å². The molecule has 0 atom stereocenters. The van der Waals surface area contributed by atoms with E-state index in [1.165, 1.54) is 7.11 Å². The SMILES string of the molecule is CCCCCOc1ccc(-c2ccc(-c3ccccc3Cl)n2Cc2ccc(OC)c([N+](=O)[O-])n2)cc1. The molecule has 8 heteroatoms. The van der Waals surface area contributed by atoms with Crippen LogP contribution in [0.25, 0.3) is 22.5 Å². The summed E-state index contributed by atoms with van der Waals surface area (Å²) in [5.41, 5.74) is 4.20. The largest absolute Gasteiger partial charge is 0.494 e. The molecule has 0 aliphatic rings. The van der Waals surface area contributed by atoms with Crippen LogP contribution >= 0.6 is 11.6 Å². The van der Waals surface area contributed by atoms with Crippen LogP contribution in [-0.2, 0) is 6.54 Å². The number of hydrogen-bond donors (Lipinski definition) is 0. The molecule has 2 heterocycles. The van der Waals surface area contributed by atoms with Gasteiger partial charge in [0.1, 0.15) is 5.75 Å². The highest BCUT2D eigenvalue weighted by atomic mass is 35.5. The van der Waals surface area contributed by atoms with Crippen molar-refractivity contribution in [3.8, 4) is 34.0 Å². The topological polar surface area (TPSA) is 79.4 Å². The quantitative estimate of drug-likeness (QED) is 0.120. The van der Waals surface area contributed by atoms with Gasteiger partial charge in [0.25, 0.3) is 0 Å². The lowest BCUT2D eigenvalue weighted by Crippen LogP contribution is -2.07. The molecular weight excluding hydrogens is 478 g/mol. The maximum Gasteiger partial charge on any atom is 0.406 e. The first kappa shape index (κ1) is 25.3. The van der Waals surface area contributed by atoms with Gasteiger partial charge in [-0.1, -0.05) is 49.6 Å². The highest BCUT2D eigenvalue weighted by molar-refractivity contribution is 6.33. The third kappa shape index (κ3) is 5.69. The lowest BCUT2D eigenvalue weighted by molar-refractivity contribution is -0.390. The highest BCUT2D eigenvalue weighted by Crippen LogP contribution is 2.34. The molecule has 7 nitrogen and oxygen atoms in total. The lowest BCUT2D eigenvalue weighted by Gasteiger charge is -2.14. The van der Waals surface area contributed by atoms with Crippen molar-refractivity contribution in [1.29, 1.82) is 0 Å². The maximum atomic E-state index is 11.5. The van der Waals surface area contributed by atoms with Gasteiger partial charge < -0.3 is 24.2 Å². The third-order valence-corrected chi connectivity index (χ3v) is 6.24. The average Bonchev–Trinajstić information content (AvgIpc) is 3.30. The van der Waals surface area contributed by atoms with E-state index in [1.807, 2.05) is 60.7 Å². The van der Waals surface area contributed by atoms with Crippen LogP contribution < -0.4 is 9.47 Å². The summed E-state index contributed by atoms with van der Waals surface area (Å²) in [6.07, 6.45) is 3.33. The van der Waals surface area contributed by atoms with Crippen LogP contribution in [-0.4, -0.2) is 28.2 Å². The predicted molar refractivity (Wildman–Crippen MR) is 142 cm³/mol. The summed E-state index contributed by atoms with van der Waals surface area (Å²) in [6, 6.07) is 22.9. The molecule has 4 aromatic rings. The standard InChI is InChI=1S/C28H28ClN3O4/c1-3-4-7-18-36-22-13-10-20(11-14-22)25-15-16-26(23-8-5-6-9-24(23)29)31(25)19-21-12-17-27(35-2)28(30-21)32(33)34/h5-6,8-17H,3-4,7,18-19H2,1-2H3. The van der Waals surface area contributed by atoms with Crippen LogP contribution in [0, 0.1) is 10.1 Å². The van der Waals surface area contributed by atoms with E-state index in [-0.39, 0.29) is 11.6 Å².